The average Bonchev–Trinajstić information content (AvgIpc) is 2.71. The van der Waals surface area contributed by atoms with E-state index in [0.29, 0.717) is 11.4 Å². The van der Waals surface area contributed by atoms with E-state index in [9.17, 15) is 4.79 Å². The Balaban J connectivity index is 2.62. The number of pyridine rings is 1. The Kier molecular flexibility index (Phi) is 2.69. The van der Waals surface area contributed by atoms with Crippen molar-refractivity contribution in [3.63, 3.8) is 0 Å². The summed E-state index contributed by atoms with van der Waals surface area (Å²) in [5.74, 6) is -0.408. The standard InChI is InChI=1S/C11H10N6O/c1-6-2-3-7(4-12)11(15-6)17-5-8(13)9(16-17)10(14)18/h2-3,5H,13H2,1H3,(H2,14,18). The van der Waals surface area contributed by atoms with E-state index in [0.717, 1.165) is 5.69 Å². The van der Waals surface area contributed by atoms with Crippen LogP contribution >= 0.6 is 0 Å². The van der Waals surface area contributed by atoms with Crippen LogP contribution < -0.4 is 11.5 Å². The summed E-state index contributed by atoms with van der Waals surface area (Å²) in [6, 6.07) is 5.34. The third kappa shape index (κ3) is 1.87. The average molecular weight is 242 g/mol. The molecular weight excluding hydrogens is 232 g/mol. The van der Waals surface area contributed by atoms with Crippen molar-refractivity contribution in [1.29, 1.82) is 5.26 Å². The molecule has 0 bridgehead atoms. The molecule has 2 aromatic rings. The molecule has 90 valence electrons. The number of nitrogen functional groups attached to an aromatic ring is 1. The zero-order valence-electron chi connectivity index (χ0n) is 9.58. The van der Waals surface area contributed by atoms with Gasteiger partial charge in [0.05, 0.1) is 17.4 Å². The van der Waals surface area contributed by atoms with Gasteiger partial charge in [-0.15, -0.1) is 0 Å². The second kappa shape index (κ2) is 4.18. The maximum Gasteiger partial charge on any atom is 0.271 e. The molecule has 0 aliphatic carbocycles. The third-order valence-corrected chi connectivity index (χ3v) is 2.33. The molecule has 0 spiro atoms. The molecule has 18 heavy (non-hydrogen) atoms. The van der Waals surface area contributed by atoms with Crippen LogP contribution in [0.1, 0.15) is 21.7 Å². The van der Waals surface area contributed by atoms with E-state index in [2.05, 4.69) is 10.1 Å². The number of anilines is 1. The fourth-order valence-electron chi connectivity index (χ4n) is 1.49. The second-order valence-electron chi connectivity index (χ2n) is 3.68. The maximum absolute atomic E-state index is 11.1. The van der Waals surface area contributed by atoms with Gasteiger partial charge < -0.3 is 11.5 Å². The van der Waals surface area contributed by atoms with Gasteiger partial charge in [0.25, 0.3) is 5.91 Å². The van der Waals surface area contributed by atoms with Gasteiger partial charge in [-0.25, -0.2) is 9.67 Å². The van der Waals surface area contributed by atoms with Crippen LogP contribution in [0.2, 0.25) is 0 Å². The summed E-state index contributed by atoms with van der Waals surface area (Å²) >= 11 is 0. The highest BCUT2D eigenvalue weighted by Crippen LogP contribution is 2.16. The lowest BCUT2D eigenvalue weighted by molar-refractivity contribution is 0.0996. The predicted octanol–water partition coefficient (Wildman–Crippen LogP) is 0.129. The highest BCUT2D eigenvalue weighted by atomic mass is 16.1. The molecule has 2 aromatic heterocycles. The van der Waals surface area contributed by atoms with Gasteiger partial charge in [-0.05, 0) is 19.1 Å². The van der Waals surface area contributed by atoms with Crippen LogP contribution in [0, 0.1) is 18.3 Å². The first-order chi connectivity index (χ1) is 8.52. The lowest BCUT2D eigenvalue weighted by atomic mass is 10.2. The number of nitrogens with zero attached hydrogens (tertiary/aromatic N) is 4. The molecule has 0 unspecified atom stereocenters. The van der Waals surface area contributed by atoms with Crippen molar-refractivity contribution in [1.82, 2.24) is 14.8 Å². The summed E-state index contributed by atoms with van der Waals surface area (Å²) in [6.07, 6.45) is 1.41. The van der Waals surface area contributed by atoms with Crippen LogP contribution in [-0.4, -0.2) is 20.7 Å². The number of rotatable bonds is 2. The van der Waals surface area contributed by atoms with Crippen molar-refractivity contribution in [2.45, 2.75) is 6.92 Å². The number of hydrogen-bond acceptors (Lipinski definition) is 5. The number of aryl methyl sites for hydroxylation is 1. The number of nitriles is 1. The lowest BCUT2D eigenvalue weighted by Crippen LogP contribution is -2.14. The van der Waals surface area contributed by atoms with Gasteiger partial charge in [0, 0.05) is 5.69 Å². The summed E-state index contributed by atoms with van der Waals surface area (Å²) in [5.41, 5.74) is 11.9. The minimum atomic E-state index is -0.725. The molecular formula is C11H10N6O. The molecule has 0 aliphatic heterocycles. The predicted molar refractivity (Wildman–Crippen MR) is 63.7 cm³/mol. The van der Waals surface area contributed by atoms with E-state index < -0.39 is 5.91 Å². The quantitative estimate of drug-likeness (QED) is 0.774. The molecule has 0 fully saturated rings. The number of hydrogen-bond donors (Lipinski definition) is 2. The normalized spacial score (nSPS) is 10.0. The molecule has 1 amide bonds. The first-order valence-electron chi connectivity index (χ1n) is 5.06. The van der Waals surface area contributed by atoms with Gasteiger partial charge in [-0.1, -0.05) is 0 Å². The van der Waals surface area contributed by atoms with Crippen LogP contribution in [0.3, 0.4) is 0 Å². The topological polar surface area (TPSA) is 124 Å². The van der Waals surface area contributed by atoms with E-state index in [1.165, 1.54) is 10.9 Å². The van der Waals surface area contributed by atoms with Crippen molar-refractivity contribution in [2.24, 2.45) is 5.73 Å². The number of aromatic nitrogens is 3. The largest absolute Gasteiger partial charge is 0.396 e. The van der Waals surface area contributed by atoms with E-state index in [1.54, 1.807) is 19.1 Å². The Bertz CT molecular complexity index is 667. The summed E-state index contributed by atoms with van der Waals surface area (Å²) < 4.78 is 1.28. The first kappa shape index (κ1) is 11.6. The molecule has 7 heteroatoms. The van der Waals surface area contributed by atoms with Crippen LogP contribution in [0.4, 0.5) is 5.69 Å². The van der Waals surface area contributed by atoms with Crippen LogP contribution in [0.15, 0.2) is 18.3 Å². The first-order valence-corrected chi connectivity index (χ1v) is 5.06. The van der Waals surface area contributed by atoms with Crippen molar-refractivity contribution >= 4 is 11.6 Å². The molecule has 0 saturated carbocycles. The summed E-state index contributed by atoms with van der Waals surface area (Å²) in [7, 11) is 0. The molecule has 0 atom stereocenters. The molecule has 2 rings (SSSR count). The number of carbonyl (C=O) groups is 1. The Morgan fingerprint density at radius 2 is 2.22 bits per heavy atom. The Hall–Kier alpha value is -2.88. The van der Waals surface area contributed by atoms with Crippen molar-refractivity contribution in [3.05, 3.63) is 35.3 Å². The van der Waals surface area contributed by atoms with Crippen LogP contribution in [-0.2, 0) is 0 Å². The highest BCUT2D eigenvalue weighted by Gasteiger charge is 2.15. The number of nitrogens with two attached hydrogens (primary N) is 2. The lowest BCUT2D eigenvalue weighted by Gasteiger charge is -2.03. The summed E-state index contributed by atoms with van der Waals surface area (Å²) in [5, 5.41) is 12.9. The number of primary amides is 1. The fourth-order valence-corrected chi connectivity index (χ4v) is 1.49. The fraction of sp³-hybridized carbons (Fsp3) is 0.0909. The van der Waals surface area contributed by atoms with Crippen molar-refractivity contribution in [3.8, 4) is 11.9 Å². The molecule has 7 nitrogen and oxygen atoms in total. The SMILES string of the molecule is Cc1ccc(C#N)c(-n2cc(N)c(C(N)=O)n2)n1. The number of amides is 1. The highest BCUT2D eigenvalue weighted by molar-refractivity contribution is 5.95. The van der Waals surface area contributed by atoms with Gasteiger partial charge in [0.1, 0.15) is 6.07 Å². The molecule has 0 aliphatic rings. The zero-order chi connectivity index (χ0) is 13.3. The van der Waals surface area contributed by atoms with Crippen molar-refractivity contribution in [2.75, 3.05) is 5.73 Å². The minimum Gasteiger partial charge on any atom is -0.396 e. The van der Waals surface area contributed by atoms with Gasteiger partial charge in [0.2, 0.25) is 0 Å². The minimum absolute atomic E-state index is 0.0396. The van der Waals surface area contributed by atoms with Crippen LogP contribution in [0.25, 0.3) is 5.82 Å². The van der Waals surface area contributed by atoms with Gasteiger partial charge >= 0.3 is 0 Å². The maximum atomic E-state index is 11.1. The van der Waals surface area contributed by atoms with Gasteiger partial charge in [0.15, 0.2) is 11.5 Å². The summed E-state index contributed by atoms with van der Waals surface area (Å²) in [4.78, 5) is 15.3. The third-order valence-electron chi connectivity index (χ3n) is 2.33. The molecule has 0 aromatic carbocycles. The van der Waals surface area contributed by atoms with Gasteiger partial charge in [-0.3, -0.25) is 4.79 Å². The smallest absolute Gasteiger partial charge is 0.271 e. The van der Waals surface area contributed by atoms with E-state index >= 15 is 0 Å². The number of carbonyl (C=O) groups excluding carboxylic acids is 1. The second-order valence-corrected chi connectivity index (χ2v) is 3.68. The van der Waals surface area contributed by atoms with Gasteiger partial charge in [-0.2, -0.15) is 10.4 Å². The Morgan fingerprint density at radius 1 is 1.50 bits per heavy atom. The van der Waals surface area contributed by atoms with E-state index in [1.807, 2.05) is 6.07 Å². The zero-order valence-corrected chi connectivity index (χ0v) is 9.58. The molecule has 2 heterocycles. The van der Waals surface area contributed by atoms with E-state index in [4.69, 9.17) is 16.7 Å². The van der Waals surface area contributed by atoms with Crippen molar-refractivity contribution < 1.29 is 4.79 Å². The molecule has 0 radical (unpaired) electrons. The molecule has 0 saturated heterocycles. The Morgan fingerprint density at radius 3 is 2.78 bits per heavy atom. The summed E-state index contributed by atoms with van der Waals surface area (Å²) in [6.45, 7) is 1.78. The Labute approximate surface area is 103 Å². The van der Waals surface area contributed by atoms with Crippen LogP contribution in [0.5, 0.6) is 0 Å². The molecule has 4 N–H and O–H groups in total. The van der Waals surface area contributed by atoms with E-state index in [-0.39, 0.29) is 11.4 Å². The monoisotopic (exact) mass is 242 g/mol.